The van der Waals surface area contributed by atoms with Crippen LogP contribution in [0.3, 0.4) is 0 Å². The lowest BCUT2D eigenvalue weighted by molar-refractivity contribution is -0.0315. The quantitative estimate of drug-likeness (QED) is 0.915. The standard InChI is InChI=1S/C16H23N3O/c1-12(2)19-6-7-20-15(11-19)10-18-16-8-14(9-17)5-4-13(16)3/h4-5,8,12,15,18H,6-7,10-11H2,1-3H3. The largest absolute Gasteiger partial charge is 0.382 e. The fraction of sp³-hybridized carbons (Fsp3) is 0.562. The van der Waals surface area contributed by atoms with Crippen LogP contribution in [0.4, 0.5) is 5.69 Å². The Kier molecular flexibility index (Phi) is 4.99. The van der Waals surface area contributed by atoms with Crippen LogP contribution in [0.1, 0.15) is 25.0 Å². The first-order valence-corrected chi connectivity index (χ1v) is 7.20. The number of nitrogens with one attached hydrogen (secondary N) is 1. The lowest BCUT2D eigenvalue weighted by Gasteiger charge is -2.35. The number of aryl methyl sites for hydroxylation is 1. The van der Waals surface area contributed by atoms with Gasteiger partial charge in [-0.05, 0) is 38.5 Å². The molecule has 0 bridgehead atoms. The van der Waals surface area contributed by atoms with Crippen molar-refractivity contribution in [1.82, 2.24) is 4.90 Å². The Morgan fingerprint density at radius 3 is 3.00 bits per heavy atom. The summed E-state index contributed by atoms with van der Waals surface area (Å²) in [5.41, 5.74) is 2.86. The van der Waals surface area contributed by atoms with Crippen LogP contribution in [-0.2, 0) is 4.74 Å². The van der Waals surface area contributed by atoms with Crippen LogP contribution in [-0.4, -0.2) is 43.3 Å². The Morgan fingerprint density at radius 2 is 2.30 bits per heavy atom. The number of ether oxygens (including phenoxy) is 1. The van der Waals surface area contributed by atoms with E-state index in [1.54, 1.807) is 0 Å². The Bertz CT molecular complexity index is 493. The summed E-state index contributed by atoms with van der Waals surface area (Å²) >= 11 is 0. The molecule has 0 aromatic heterocycles. The summed E-state index contributed by atoms with van der Waals surface area (Å²) in [6.45, 7) is 10.0. The van der Waals surface area contributed by atoms with Gasteiger partial charge in [0.15, 0.2) is 0 Å². The molecule has 1 unspecified atom stereocenters. The van der Waals surface area contributed by atoms with Gasteiger partial charge in [-0.1, -0.05) is 6.07 Å². The zero-order valence-electron chi connectivity index (χ0n) is 12.5. The third-order valence-electron chi connectivity index (χ3n) is 3.79. The van der Waals surface area contributed by atoms with Crippen LogP contribution in [0.15, 0.2) is 18.2 Å². The predicted molar refractivity (Wildman–Crippen MR) is 80.8 cm³/mol. The molecule has 108 valence electrons. The van der Waals surface area contributed by atoms with Gasteiger partial charge in [0.25, 0.3) is 0 Å². The van der Waals surface area contributed by atoms with Crippen LogP contribution in [0.2, 0.25) is 0 Å². The van der Waals surface area contributed by atoms with E-state index in [2.05, 4.69) is 30.1 Å². The summed E-state index contributed by atoms with van der Waals surface area (Å²) in [6, 6.07) is 8.46. The van der Waals surface area contributed by atoms with Crippen molar-refractivity contribution >= 4 is 5.69 Å². The molecule has 4 nitrogen and oxygen atoms in total. The molecule has 1 fully saturated rings. The van der Waals surface area contributed by atoms with E-state index in [1.807, 2.05) is 25.1 Å². The monoisotopic (exact) mass is 273 g/mol. The molecule has 1 aromatic rings. The first kappa shape index (κ1) is 14.8. The summed E-state index contributed by atoms with van der Waals surface area (Å²) in [4.78, 5) is 2.44. The van der Waals surface area contributed by atoms with Crippen molar-refractivity contribution in [2.75, 3.05) is 31.6 Å². The molecule has 1 saturated heterocycles. The highest BCUT2D eigenvalue weighted by atomic mass is 16.5. The van der Waals surface area contributed by atoms with Crippen LogP contribution in [0.5, 0.6) is 0 Å². The summed E-state index contributed by atoms with van der Waals surface area (Å²) < 4.78 is 5.81. The maximum atomic E-state index is 8.96. The topological polar surface area (TPSA) is 48.3 Å². The molecular formula is C16H23N3O. The molecule has 1 heterocycles. The average Bonchev–Trinajstić information content (AvgIpc) is 2.46. The molecule has 1 aliphatic rings. The van der Waals surface area contributed by atoms with Gasteiger partial charge in [-0.3, -0.25) is 4.90 Å². The van der Waals surface area contributed by atoms with Crippen molar-refractivity contribution in [3.8, 4) is 6.07 Å². The SMILES string of the molecule is Cc1ccc(C#N)cc1NCC1CN(C(C)C)CCO1. The molecule has 1 N–H and O–H groups in total. The lowest BCUT2D eigenvalue weighted by Crippen LogP contribution is -2.48. The Morgan fingerprint density at radius 1 is 1.50 bits per heavy atom. The second-order valence-corrected chi connectivity index (χ2v) is 5.60. The zero-order chi connectivity index (χ0) is 14.5. The maximum Gasteiger partial charge on any atom is 0.0992 e. The third kappa shape index (κ3) is 3.72. The number of benzene rings is 1. The van der Waals surface area contributed by atoms with E-state index < -0.39 is 0 Å². The molecule has 1 aromatic carbocycles. The highest BCUT2D eigenvalue weighted by Crippen LogP contribution is 2.17. The molecule has 4 heteroatoms. The predicted octanol–water partition coefficient (Wildman–Crippen LogP) is 2.39. The minimum atomic E-state index is 0.205. The lowest BCUT2D eigenvalue weighted by atomic mass is 10.1. The number of nitriles is 1. The van der Waals surface area contributed by atoms with Crippen molar-refractivity contribution < 1.29 is 4.74 Å². The second kappa shape index (κ2) is 6.74. The summed E-state index contributed by atoms with van der Waals surface area (Å²) in [5.74, 6) is 0. The number of anilines is 1. The van der Waals surface area contributed by atoms with E-state index in [-0.39, 0.29) is 6.10 Å². The molecule has 0 amide bonds. The molecule has 0 aliphatic carbocycles. The average molecular weight is 273 g/mol. The smallest absolute Gasteiger partial charge is 0.0992 e. The number of hydrogen-bond donors (Lipinski definition) is 1. The van der Waals surface area contributed by atoms with Gasteiger partial charge in [0, 0.05) is 31.4 Å². The molecule has 1 atom stereocenters. The number of rotatable bonds is 4. The first-order valence-electron chi connectivity index (χ1n) is 7.20. The van der Waals surface area contributed by atoms with Gasteiger partial charge >= 0.3 is 0 Å². The fourth-order valence-corrected chi connectivity index (χ4v) is 2.44. The van der Waals surface area contributed by atoms with Gasteiger partial charge in [-0.2, -0.15) is 5.26 Å². The molecule has 20 heavy (non-hydrogen) atoms. The van der Waals surface area contributed by atoms with Gasteiger partial charge in [0.1, 0.15) is 0 Å². The Balaban J connectivity index is 1.93. The van der Waals surface area contributed by atoms with Gasteiger partial charge in [-0.15, -0.1) is 0 Å². The summed E-state index contributed by atoms with van der Waals surface area (Å²) in [5, 5.41) is 12.4. The zero-order valence-corrected chi connectivity index (χ0v) is 12.5. The molecule has 0 spiro atoms. The molecule has 2 rings (SSSR count). The second-order valence-electron chi connectivity index (χ2n) is 5.60. The molecule has 1 aliphatic heterocycles. The van der Waals surface area contributed by atoms with Crippen molar-refractivity contribution in [3.05, 3.63) is 29.3 Å². The minimum absolute atomic E-state index is 0.205. The molecule has 0 saturated carbocycles. The van der Waals surface area contributed by atoms with Crippen LogP contribution in [0.25, 0.3) is 0 Å². The first-order chi connectivity index (χ1) is 9.60. The normalized spacial score (nSPS) is 19.9. The van der Waals surface area contributed by atoms with Crippen molar-refractivity contribution in [1.29, 1.82) is 5.26 Å². The van der Waals surface area contributed by atoms with Crippen molar-refractivity contribution in [2.24, 2.45) is 0 Å². The van der Waals surface area contributed by atoms with E-state index in [0.29, 0.717) is 11.6 Å². The Hall–Kier alpha value is -1.57. The summed E-state index contributed by atoms with van der Waals surface area (Å²) in [7, 11) is 0. The number of nitrogens with zero attached hydrogens (tertiary/aromatic N) is 2. The van der Waals surface area contributed by atoms with E-state index in [9.17, 15) is 0 Å². The third-order valence-corrected chi connectivity index (χ3v) is 3.79. The number of hydrogen-bond acceptors (Lipinski definition) is 4. The highest BCUT2D eigenvalue weighted by Gasteiger charge is 2.22. The Labute approximate surface area is 121 Å². The van der Waals surface area contributed by atoms with Gasteiger partial charge < -0.3 is 10.1 Å². The minimum Gasteiger partial charge on any atom is -0.382 e. The fourth-order valence-electron chi connectivity index (χ4n) is 2.44. The van der Waals surface area contributed by atoms with Gasteiger partial charge in [-0.25, -0.2) is 0 Å². The maximum absolute atomic E-state index is 8.96. The van der Waals surface area contributed by atoms with Crippen LogP contribution >= 0.6 is 0 Å². The van der Waals surface area contributed by atoms with E-state index >= 15 is 0 Å². The van der Waals surface area contributed by atoms with E-state index in [1.165, 1.54) is 0 Å². The van der Waals surface area contributed by atoms with E-state index in [0.717, 1.165) is 37.5 Å². The summed E-state index contributed by atoms with van der Waals surface area (Å²) in [6.07, 6.45) is 0.205. The van der Waals surface area contributed by atoms with Crippen LogP contribution < -0.4 is 5.32 Å². The molecular weight excluding hydrogens is 250 g/mol. The van der Waals surface area contributed by atoms with E-state index in [4.69, 9.17) is 10.00 Å². The van der Waals surface area contributed by atoms with Crippen LogP contribution in [0, 0.1) is 18.3 Å². The van der Waals surface area contributed by atoms with Gasteiger partial charge in [0.2, 0.25) is 0 Å². The van der Waals surface area contributed by atoms with Crippen molar-refractivity contribution in [2.45, 2.75) is 32.9 Å². The number of morpholine rings is 1. The highest BCUT2D eigenvalue weighted by molar-refractivity contribution is 5.55. The molecule has 0 radical (unpaired) electrons. The van der Waals surface area contributed by atoms with Gasteiger partial charge in [0.05, 0.1) is 24.3 Å². The van der Waals surface area contributed by atoms with Crippen molar-refractivity contribution in [3.63, 3.8) is 0 Å².